The summed E-state index contributed by atoms with van der Waals surface area (Å²) in [5.74, 6) is 1.50. The lowest BCUT2D eigenvalue weighted by atomic mass is 10.3. The minimum atomic E-state index is -0.255. The molecule has 2 aliphatic rings. The Bertz CT molecular complexity index is 570. The molecule has 1 atom stereocenters. The first-order valence-corrected chi connectivity index (χ1v) is 8.29. The number of halogens is 1. The number of ether oxygens (including phenoxy) is 1. The Morgan fingerprint density at radius 3 is 2.78 bits per heavy atom. The predicted molar refractivity (Wildman–Crippen MR) is 89.5 cm³/mol. The van der Waals surface area contributed by atoms with Crippen molar-refractivity contribution < 1.29 is 9.13 Å². The average Bonchev–Trinajstić information content (AvgIpc) is 2.83. The SMILES string of the molecule is CCN1CCCN(C2=CC=CC(Oc3ccc(F)cc3)N2)CC1. The van der Waals surface area contributed by atoms with Gasteiger partial charge in [0.2, 0.25) is 0 Å². The highest BCUT2D eigenvalue weighted by molar-refractivity contribution is 5.25. The molecule has 23 heavy (non-hydrogen) atoms. The number of nitrogens with one attached hydrogen (secondary N) is 1. The molecular weight excluding hydrogens is 293 g/mol. The van der Waals surface area contributed by atoms with Crippen LogP contribution in [0.2, 0.25) is 0 Å². The average molecular weight is 317 g/mol. The van der Waals surface area contributed by atoms with E-state index in [0.717, 1.165) is 38.5 Å². The van der Waals surface area contributed by atoms with Gasteiger partial charge < -0.3 is 19.9 Å². The van der Waals surface area contributed by atoms with Gasteiger partial charge in [-0.15, -0.1) is 0 Å². The molecule has 1 aromatic carbocycles. The van der Waals surface area contributed by atoms with E-state index < -0.39 is 0 Å². The van der Waals surface area contributed by atoms with Crippen molar-refractivity contribution in [3.05, 3.63) is 54.1 Å². The number of allylic oxidation sites excluding steroid dienone is 2. The lowest BCUT2D eigenvalue weighted by molar-refractivity contribution is 0.194. The molecular formula is C18H24FN3O. The molecule has 3 rings (SSSR count). The summed E-state index contributed by atoms with van der Waals surface area (Å²) < 4.78 is 18.8. The first-order chi connectivity index (χ1) is 11.2. The monoisotopic (exact) mass is 317 g/mol. The Morgan fingerprint density at radius 2 is 2.00 bits per heavy atom. The maximum Gasteiger partial charge on any atom is 0.190 e. The van der Waals surface area contributed by atoms with Crippen LogP contribution in [0.15, 0.2) is 48.3 Å². The van der Waals surface area contributed by atoms with Crippen LogP contribution in [0, 0.1) is 5.82 Å². The first kappa shape index (κ1) is 15.9. The summed E-state index contributed by atoms with van der Waals surface area (Å²) in [6.07, 6.45) is 7.00. The van der Waals surface area contributed by atoms with Crippen molar-refractivity contribution in [1.29, 1.82) is 0 Å². The van der Waals surface area contributed by atoms with Crippen LogP contribution in [0.1, 0.15) is 13.3 Å². The van der Waals surface area contributed by atoms with Gasteiger partial charge in [-0.3, -0.25) is 0 Å². The second kappa shape index (κ2) is 7.51. The van der Waals surface area contributed by atoms with Gasteiger partial charge in [0.05, 0.1) is 0 Å². The lowest BCUT2D eigenvalue weighted by Gasteiger charge is -2.31. The normalized spacial score (nSPS) is 22.3. The summed E-state index contributed by atoms with van der Waals surface area (Å²) in [6, 6.07) is 6.11. The minimum absolute atomic E-state index is 0.231. The second-order valence-corrected chi connectivity index (χ2v) is 5.85. The highest BCUT2D eigenvalue weighted by Gasteiger charge is 2.19. The van der Waals surface area contributed by atoms with E-state index in [2.05, 4.69) is 28.1 Å². The van der Waals surface area contributed by atoms with E-state index in [-0.39, 0.29) is 12.0 Å². The second-order valence-electron chi connectivity index (χ2n) is 5.85. The smallest absolute Gasteiger partial charge is 0.190 e. The molecule has 0 bridgehead atoms. The van der Waals surface area contributed by atoms with Crippen molar-refractivity contribution in [2.75, 3.05) is 32.7 Å². The van der Waals surface area contributed by atoms with Crippen LogP contribution in [-0.4, -0.2) is 48.8 Å². The fourth-order valence-corrected chi connectivity index (χ4v) is 2.94. The van der Waals surface area contributed by atoms with Gasteiger partial charge in [-0.1, -0.05) is 13.0 Å². The Kier molecular flexibility index (Phi) is 5.18. The van der Waals surface area contributed by atoms with Crippen LogP contribution in [0.4, 0.5) is 4.39 Å². The summed E-state index contributed by atoms with van der Waals surface area (Å²) in [5, 5.41) is 3.41. The van der Waals surface area contributed by atoms with Gasteiger partial charge in [0, 0.05) is 19.6 Å². The van der Waals surface area contributed by atoms with Gasteiger partial charge in [-0.25, -0.2) is 4.39 Å². The zero-order chi connectivity index (χ0) is 16.1. The Balaban J connectivity index is 1.58. The molecule has 0 aromatic heterocycles. The van der Waals surface area contributed by atoms with Crippen LogP contribution in [0.3, 0.4) is 0 Å². The summed E-state index contributed by atoms with van der Waals surface area (Å²) in [4.78, 5) is 4.85. The number of dihydropyridines is 1. The van der Waals surface area contributed by atoms with Crippen LogP contribution in [-0.2, 0) is 0 Å². The van der Waals surface area contributed by atoms with Gasteiger partial charge in [-0.05, 0) is 55.9 Å². The van der Waals surface area contributed by atoms with E-state index in [1.807, 2.05) is 12.2 Å². The number of likely N-dealkylation sites (N-methyl/N-ethyl adjacent to an activating group) is 1. The molecule has 0 radical (unpaired) electrons. The minimum Gasteiger partial charge on any atom is -0.467 e. The van der Waals surface area contributed by atoms with Crippen molar-refractivity contribution in [1.82, 2.24) is 15.1 Å². The molecule has 1 saturated heterocycles. The van der Waals surface area contributed by atoms with E-state index in [0.29, 0.717) is 5.75 Å². The molecule has 0 spiro atoms. The summed E-state index contributed by atoms with van der Waals surface area (Å²) in [6.45, 7) is 7.63. The molecule has 1 N–H and O–H groups in total. The van der Waals surface area contributed by atoms with Crippen LogP contribution in [0.25, 0.3) is 0 Å². The molecule has 2 heterocycles. The molecule has 1 aromatic rings. The van der Waals surface area contributed by atoms with E-state index >= 15 is 0 Å². The number of hydrogen-bond donors (Lipinski definition) is 1. The lowest BCUT2D eigenvalue weighted by Crippen LogP contribution is -2.42. The molecule has 0 saturated carbocycles. The first-order valence-electron chi connectivity index (χ1n) is 8.29. The fourth-order valence-electron chi connectivity index (χ4n) is 2.94. The standard InChI is InChI=1S/C18H24FN3O/c1-2-21-11-4-12-22(14-13-21)17-5-3-6-18(20-17)23-16-9-7-15(19)8-10-16/h3,5-10,18,20H,2,4,11-14H2,1H3. The van der Waals surface area contributed by atoms with Gasteiger partial charge in [0.1, 0.15) is 17.4 Å². The van der Waals surface area contributed by atoms with Gasteiger partial charge in [0.25, 0.3) is 0 Å². The third kappa shape index (κ3) is 4.26. The maximum atomic E-state index is 13.0. The molecule has 2 aliphatic heterocycles. The highest BCUT2D eigenvalue weighted by atomic mass is 19.1. The van der Waals surface area contributed by atoms with Crippen LogP contribution in [0.5, 0.6) is 5.75 Å². The molecule has 4 nitrogen and oxygen atoms in total. The summed E-state index contributed by atoms with van der Waals surface area (Å²) >= 11 is 0. The van der Waals surface area contributed by atoms with Crippen molar-refractivity contribution >= 4 is 0 Å². The third-order valence-electron chi connectivity index (χ3n) is 4.28. The molecule has 1 unspecified atom stereocenters. The van der Waals surface area contributed by atoms with Gasteiger partial charge in [0.15, 0.2) is 6.23 Å². The predicted octanol–water partition coefficient (Wildman–Crippen LogP) is 2.56. The molecule has 0 aliphatic carbocycles. The topological polar surface area (TPSA) is 27.7 Å². The molecule has 1 fully saturated rings. The Morgan fingerprint density at radius 1 is 1.17 bits per heavy atom. The molecule has 124 valence electrons. The molecule has 5 heteroatoms. The Hall–Kier alpha value is -2.01. The zero-order valence-corrected chi connectivity index (χ0v) is 13.5. The summed E-state index contributed by atoms with van der Waals surface area (Å²) in [7, 11) is 0. The Labute approximate surface area is 137 Å². The van der Waals surface area contributed by atoms with E-state index in [9.17, 15) is 4.39 Å². The number of benzene rings is 1. The molecule has 0 amide bonds. The maximum absolute atomic E-state index is 13.0. The number of nitrogens with zero attached hydrogens (tertiary/aromatic N) is 2. The summed E-state index contributed by atoms with van der Waals surface area (Å²) in [5.41, 5.74) is 0. The zero-order valence-electron chi connectivity index (χ0n) is 13.5. The largest absolute Gasteiger partial charge is 0.467 e. The van der Waals surface area contributed by atoms with E-state index in [1.165, 1.54) is 18.6 Å². The van der Waals surface area contributed by atoms with Crippen molar-refractivity contribution in [2.45, 2.75) is 19.6 Å². The van der Waals surface area contributed by atoms with E-state index in [1.54, 1.807) is 12.1 Å². The van der Waals surface area contributed by atoms with E-state index in [4.69, 9.17) is 4.74 Å². The fraction of sp³-hybridized carbons (Fsp3) is 0.444. The van der Waals surface area contributed by atoms with Gasteiger partial charge in [-0.2, -0.15) is 0 Å². The van der Waals surface area contributed by atoms with Crippen LogP contribution >= 0.6 is 0 Å². The highest BCUT2D eigenvalue weighted by Crippen LogP contribution is 2.16. The van der Waals surface area contributed by atoms with Gasteiger partial charge >= 0.3 is 0 Å². The van der Waals surface area contributed by atoms with Crippen molar-refractivity contribution in [2.24, 2.45) is 0 Å². The van der Waals surface area contributed by atoms with Crippen molar-refractivity contribution in [3.63, 3.8) is 0 Å². The number of rotatable bonds is 4. The van der Waals surface area contributed by atoms with Crippen molar-refractivity contribution in [3.8, 4) is 5.75 Å². The quantitative estimate of drug-likeness (QED) is 0.924. The number of hydrogen-bond acceptors (Lipinski definition) is 4. The van der Waals surface area contributed by atoms with Crippen LogP contribution < -0.4 is 10.1 Å². The third-order valence-corrected chi connectivity index (χ3v) is 4.28.